The average molecular weight is 347 g/mol. The van der Waals surface area contributed by atoms with E-state index in [1.54, 1.807) is 0 Å². The van der Waals surface area contributed by atoms with Crippen molar-refractivity contribution in [3.63, 3.8) is 0 Å². The molecule has 1 unspecified atom stereocenters. The zero-order valence-electron chi connectivity index (χ0n) is 12.5. The fourth-order valence-corrected chi connectivity index (χ4v) is 3.33. The second kappa shape index (κ2) is 8.73. The third kappa shape index (κ3) is 4.13. The van der Waals surface area contributed by atoms with Gasteiger partial charge in [0.1, 0.15) is 6.10 Å². The van der Waals surface area contributed by atoms with Crippen molar-refractivity contribution in [1.29, 1.82) is 0 Å². The number of fused-ring (bicyclic) bond motifs is 3. The van der Waals surface area contributed by atoms with E-state index in [1.165, 1.54) is 0 Å². The lowest BCUT2D eigenvalue weighted by molar-refractivity contribution is -0.160. The first-order chi connectivity index (χ1) is 9.78. The number of hydrogen-bond donors (Lipinski definition) is 1. The number of piperidine rings is 3. The van der Waals surface area contributed by atoms with E-state index < -0.39 is 0 Å². The van der Waals surface area contributed by atoms with E-state index in [0.717, 1.165) is 38.0 Å². The molecule has 2 bridgehead atoms. The van der Waals surface area contributed by atoms with Crippen LogP contribution in [0.3, 0.4) is 0 Å². The van der Waals surface area contributed by atoms with Crippen molar-refractivity contribution < 1.29 is 9.53 Å². The van der Waals surface area contributed by atoms with Gasteiger partial charge < -0.3 is 10.5 Å². The van der Waals surface area contributed by atoms with Crippen LogP contribution in [0.15, 0.2) is 30.3 Å². The van der Waals surface area contributed by atoms with Crippen LogP contribution >= 0.6 is 24.8 Å². The first-order valence-corrected chi connectivity index (χ1v) is 7.46. The van der Waals surface area contributed by atoms with Crippen molar-refractivity contribution in [1.82, 2.24) is 4.90 Å². The molecule has 22 heavy (non-hydrogen) atoms. The average Bonchev–Trinajstić information content (AvgIpc) is 2.50. The predicted molar refractivity (Wildman–Crippen MR) is 91.8 cm³/mol. The molecule has 3 aliphatic heterocycles. The summed E-state index contributed by atoms with van der Waals surface area (Å²) in [5, 5.41) is 0. The molecule has 3 saturated heterocycles. The fraction of sp³-hybridized carbons (Fsp3) is 0.562. The van der Waals surface area contributed by atoms with Crippen molar-refractivity contribution in [3.8, 4) is 0 Å². The van der Waals surface area contributed by atoms with Gasteiger partial charge in [0.05, 0.1) is 5.92 Å². The van der Waals surface area contributed by atoms with Gasteiger partial charge in [-0.1, -0.05) is 30.3 Å². The summed E-state index contributed by atoms with van der Waals surface area (Å²) in [5.41, 5.74) is 6.72. The molecule has 3 heterocycles. The van der Waals surface area contributed by atoms with Crippen molar-refractivity contribution in [2.75, 3.05) is 26.2 Å². The van der Waals surface area contributed by atoms with Crippen LogP contribution in [0.5, 0.6) is 0 Å². The van der Waals surface area contributed by atoms with Gasteiger partial charge >= 0.3 is 5.97 Å². The molecule has 4 rings (SSSR count). The second-order valence-electron chi connectivity index (χ2n) is 5.81. The van der Waals surface area contributed by atoms with Crippen molar-refractivity contribution in [2.45, 2.75) is 24.9 Å². The fourth-order valence-electron chi connectivity index (χ4n) is 3.33. The number of benzene rings is 1. The molecule has 1 aromatic rings. The Morgan fingerprint density at radius 2 is 1.86 bits per heavy atom. The molecular weight excluding hydrogens is 323 g/mol. The van der Waals surface area contributed by atoms with Crippen LogP contribution < -0.4 is 5.73 Å². The Morgan fingerprint density at radius 1 is 1.23 bits per heavy atom. The highest BCUT2D eigenvalue weighted by Gasteiger charge is 2.37. The lowest BCUT2D eigenvalue weighted by Crippen LogP contribution is -2.52. The third-order valence-electron chi connectivity index (χ3n) is 4.59. The largest absolute Gasteiger partial charge is 0.460 e. The minimum Gasteiger partial charge on any atom is -0.460 e. The van der Waals surface area contributed by atoms with Crippen LogP contribution in [0.4, 0.5) is 0 Å². The summed E-state index contributed by atoms with van der Waals surface area (Å²) < 4.78 is 5.77. The molecule has 2 atom stereocenters. The molecule has 0 saturated carbocycles. The minimum atomic E-state index is -0.341. The zero-order valence-corrected chi connectivity index (χ0v) is 14.2. The molecule has 124 valence electrons. The number of nitrogens with zero attached hydrogens (tertiary/aromatic N) is 1. The van der Waals surface area contributed by atoms with E-state index in [-0.39, 0.29) is 42.8 Å². The molecule has 2 N–H and O–H groups in total. The normalized spacial score (nSPS) is 27.2. The summed E-state index contributed by atoms with van der Waals surface area (Å²) in [6.07, 6.45) is 2.36. The summed E-state index contributed by atoms with van der Waals surface area (Å²) in [4.78, 5) is 14.8. The molecule has 0 amide bonds. The first-order valence-electron chi connectivity index (χ1n) is 7.46. The molecule has 3 fully saturated rings. The standard InChI is InChI=1S/C16H22N2O2.2ClH/c17-10-14(12-4-2-1-3-5-12)16(19)20-15-11-18-8-6-13(15)7-9-18;;/h1-5,13-15H,6-11,17H2;2*1H/t14?,15-;;/m0../s1. The van der Waals surface area contributed by atoms with Crippen LogP contribution in [0.2, 0.25) is 0 Å². The molecular formula is C16H24Cl2N2O2. The Hall–Kier alpha value is -0.810. The molecule has 6 heteroatoms. The van der Waals surface area contributed by atoms with E-state index >= 15 is 0 Å². The minimum absolute atomic E-state index is 0. The van der Waals surface area contributed by atoms with E-state index in [2.05, 4.69) is 4.90 Å². The van der Waals surface area contributed by atoms with Gasteiger partial charge in [-0.05, 0) is 37.4 Å². The number of rotatable bonds is 4. The predicted octanol–water partition coefficient (Wildman–Crippen LogP) is 2.21. The number of hydrogen-bond acceptors (Lipinski definition) is 4. The van der Waals surface area contributed by atoms with Gasteiger partial charge in [-0.3, -0.25) is 9.69 Å². The molecule has 0 aliphatic carbocycles. The molecule has 3 aliphatic rings. The van der Waals surface area contributed by atoms with Gasteiger partial charge in [-0.2, -0.15) is 0 Å². The maximum Gasteiger partial charge on any atom is 0.315 e. The van der Waals surface area contributed by atoms with Gasteiger partial charge in [-0.15, -0.1) is 24.8 Å². The monoisotopic (exact) mass is 346 g/mol. The quantitative estimate of drug-likeness (QED) is 0.849. The Labute approximate surface area is 144 Å². The number of esters is 1. The van der Waals surface area contributed by atoms with E-state index in [1.807, 2.05) is 30.3 Å². The van der Waals surface area contributed by atoms with E-state index in [0.29, 0.717) is 12.5 Å². The summed E-state index contributed by atoms with van der Waals surface area (Å²) in [6.45, 7) is 3.49. The summed E-state index contributed by atoms with van der Waals surface area (Å²) in [7, 11) is 0. The molecule has 0 spiro atoms. The van der Waals surface area contributed by atoms with Crippen molar-refractivity contribution in [3.05, 3.63) is 35.9 Å². The number of carbonyl (C=O) groups excluding carboxylic acids is 1. The highest BCUT2D eigenvalue weighted by atomic mass is 35.5. The Bertz CT molecular complexity index is 464. The summed E-state index contributed by atoms with van der Waals surface area (Å²) >= 11 is 0. The topological polar surface area (TPSA) is 55.6 Å². The molecule has 0 radical (unpaired) electrons. The Morgan fingerprint density at radius 3 is 2.36 bits per heavy atom. The van der Waals surface area contributed by atoms with Crippen LogP contribution in [0.25, 0.3) is 0 Å². The summed E-state index contributed by atoms with van der Waals surface area (Å²) in [6, 6.07) is 9.68. The Kier molecular flexibility index (Phi) is 7.63. The highest BCUT2D eigenvalue weighted by molar-refractivity contribution is 5.85. The molecule has 0 aromatic heterocycles. The van der Waals surface area contributed by atoms with Gasteiger partial charge in [0.15, 0.2) is 0 Å². The smallest absolute Gasteiger partial charge is 0.315 e. The Balaban J connectivity index is 0.00000121. The van der Waals surface area contributed by atoms with Crippen LogP contribution in [0.1, 0.15) is 24.3 Å². The van der Waals surface area contributed by atoms with Crippen LogP contribution in [-0.2, 0) is 9.53 Å². The molecule has 4 nitrogen and oxygen atoms in total. The van der Waals surface area contributed by atoms with Gasteiger partial charge in [0.25, 0.3) is 0 Å². The lowest BCUT2D eigenvalue weighted by atomic mass is 9.85. The van der Waals surface area contributed by atoms with Gasteiger partial charge in [0.2, 0.25) is 0 Å². The SMILES string of the molecule is Cl.Cl.NCC(C(=O)O[C@H]1CN2CCC1CC2)c1ccccc1. The first kappa shape index (κ1) is 19.2. The van der Waals surface area contributed by atoms with E-state index in [4.69, 9.17) is 10.5 Å². The van der Waals surface area contributed by atoms with Crippen LogP contribution in [-0.4, -0.2) is 43.2 Å². The second-order valence-corrected chi connectivity index (χ2v) is 5.81. The number of nitrogens with two attached hydrogens (primary N) is 1. The molecule has 1 aromatic carbocycles. The van der Waals surface area contributed by atoms with Crippen LogP contribution in [0, 0.1) is 5.92 Å². The zero-order chi connectivity index (χ0) is 13.9. The number of ether oxygens (including phenoxy) is 1. The van der Waals surface area contributed by atoms with Gasteiger partial charge in [0, 0.05) is 13.1 Å². The maximum atomic E-state index is 12.4. The van der Waals surface area contributed by atoms with Crippen molar-refractivity contribution in [2.24, 2.45) is 11.7 Å². The van der Waals surface area contributed by atoms with Crippen molar-refractivity contribution >= 4 is 30.8 Å². The lowest BCUT2D eigenvalue weighted by Gasteiger charge is -2.44. The maximum absolute atomic E-state index is 12.4. The summed E-state index contributed by atoms with van der Waals surface area (Å²) in [5.74, 6) is 0.0299. The third-order valence-corrected chi connectivity index (χ3v) is 4.59. The van der Waals surface area contributed by atoms with Gasteiger partial charge in [-0.25, -0.2) is 0 Å². The number of halogens is 2. The van der Waals surface area contributed by atoms with E-state index in [9.17, 15) is 4.79 Å². The highest BCUT2D eigenvalue weighted by Crippen LogP contribution is 2.30. The number of carbonyl (C=O) groups is 1.